The zero-order valence-corrected chi connectivity index (χ0v) is 25.6. The molecule has 1 saturated heterocycles. The lowest BCUT2D eigenvalue weighted by Gasteiger charge is -2.35. The van der Waals surface area contributed by atoms with Crippen molar-refractivity contribution in [2.45, 2.75) is 94.7 Å². The van der Waals surface area contributed by atoms with Crippen molar-refractivity contribution in [2.24, 2.45) is 17.6 Å². The fourth-order valence-corrected chi connectivity index (χ4v) is 6.32. The van der Waals surface area contributed by atoms with Gasteiger partial charge in [0.1, 0.15) is 16.9 Å². The fourth-order valence-electron chi connectivity index (χ4n) is 5.95. The number of ketones is 1. The number of Topliss-reactive ketones (excluding diaryl/α,β-unsaturated/α-hetero) is 1. The number of fused-ring (bicyclic) bond motifs is 1. The molecule has 41 heavy (non-hydrogen) atoms. The van der Waals surface area contributed by atoms with E-state index in [-0.39, 0.29) is 18.9 Å². The summed E-state index contributed by atoms with van der Waals surface area (Å²) in [6.07, 6.45) is 3.50. The van der Waals surface area contributed by atoms with Crippen LogP contribution in [0.25, 0.3) is 0 Å². The van der Waals surface area contributed by atoms with Crippen molar-refractivity contribution in [2.75, 3.05) is 6.54 Å². The molecule has 0 aromatic heterocycles. The molecule has 4 atom stereocenters. The highest BCUT2D eigenvalue weighted by Crippen LogP contribution is 2.34. The van der Waals surface area contributed by atoms with E-state index in [2.05, 4.69) is 16.0 Å². The largest absolute Gasteiger partial charge is 0.363 e. The summed E-state index contributed by atoms with van der Waals surface area (Å²) < 4.78 is 0. The van der Waals surface area contributed by atoms with E-state index in [1.807, 2.05) is 45.0 Å². The van der Waals surface area contributed by atoms with Crippen molar-refractivity contribution in [1.29, 1.82) is 0 Å². The van der Waals surface area contributed by atoms with Crippen LogP contribution < -0.4 is 21.7 Å². The third-order valence-corrected chi connectivity index (χ3v) is 9.50. The summed E-state index contributed by atoms with van der Waals surface area (Å²) in [5, 5.41) is 8.53. The molecule has 1 heterocycles. The Kier molecular flexibility index (Phi) is 11.1. The molecule has 3 rings (SSSR count). The number of nitrogens with zero attached hydrogens (tertiary/aromatic N) is 1. The van der Waals surface area contributed by atoms with E-state index in [0.29, 0.717) is 12.8 Å². The van der Waals surface area contributed by atoms with E-state index >= 15 is 0 Å². The molecule has 5 N–H and O–H groups in total. The van der Waals surface area contributed by atoms with Crippen molar-refractivity contribution in [3.05, 3.63) is 35.4 Å². The highest BCUT2D eigenvalue weighted by molar-refractivity contribution is 6.44. The molecule has 0 radical (unpaired) electrons. The second-order valence-electron chi connectivity index (χ2n) is 11.1. The smallest absolute Gasteiger partial charge is 0.315 e. The number of alkyl halides is 2. The summed E-state index contributed by atoms with van der Waals surface area (Å²) in [6, 6.07) is 4.34. The van der Waals surface area contributed by atoms with Gasteiger partial charge in [0.2, 0.25) is 17.6 Å². The summed E-state index contributed by atoms with van der Waals surface area (Å²) in [5.41, 5.74) is 6.89. The van der Waals surface area contributed by atoms with E-state index in [4.69, 9.17) is 28.9 Å². The van der Waals surface area contributed by atoms with Crippen molar-refractivity contribution in [3.63, 3.8) is 0 Å². The predicted octanol–water partition coefficient (Wildman–Crippen LogP) is 2.62. The molecule has 0 spiro atoms. The van der Waals surface area contributed by atoms with Gasteiger partial charge in [0.25, 0.3) is 5.91 Å². The normalized spacial score (nSPS) is 20.3. The third kappa shape index (κ3) is 7.52. The van der Waals surface area contributed by atoms with Gasteiger partial charge in [-0.1, -0.05) is 45.0 Å². The molecule has 0 bridgehead atoms. The quantitative estimate of drug-likeness (QED) is 0.212. The lowest BCUT2D eigenvalue weighted by atomic mass is 9.90. The number of rotatable bonds is 12. The highest BCUT2D eigenvalue weighted by atomic mass is 35.5. The lowest BCUT2D eigenvalue weighted by molar-refractivity contribution is -0.142. The van der Waals surface area contributed by atoms with Gasteiger partial charge in [0.05, 0.1) is 6.04 Å². The average Bonchev–Trinajstić information content (AvgIpc) is 3.59. The van der Waals surface area contributed by atoms with Crippen molar-refractivity contribution < 1.29 is 24.0 Å². The van der Waals surface area contributed by atoms with Crippen LogP contribution in [0.3, 0.4) is 0 Å². The summed E-state index contributed by atoms with van der Waals surface area (Å²) in [5.74, 6) is -3.84. The lowest BCUT2D eigenvalue weighted by Crippen LogP contribution is -2.60. The topological polar surface area (TPSA) is 151 Å². The number of hydrogen-bond acceptors (Lipinski definition) is 5. The van der Waals surface area contributed by atoms with Gasteiger partial charge in [0, 0.05) is 18.0 Å². The Bertz CT molecular complexity index is 1120. The maximum Gasteiger partial charge on any atom is 0.315 e. The van der Waals surface area contributed by atoms with Crippen LogP contribution in [0.15, 0.2) is 24.3 Å². The molecule has 226 valence electrons. The van der Waals surface area contributed by atoms with Crippen LogP contribution in [0.1, 0.15) is 64.5 Å². The molecule has 1 aromatic carbocycles. The first kappa shape index (κ1) is 32.7. The number of urea groups is 1. The van der Waals surface area contributed by atoms with Crippen LogP contribution in [0.5, 0.6) is 0 Å². The zero-order valence-electron chi connectivity index (χ0n) is 24.0. The molecule has 1 aromatic rings. The molecule has 10 nitrogen and oxygen atoms in total. The number of nitrogens with one attached hydrogen (secondary N) is 3. The minimum atomic E-state index is -1.17. The summed E-state index contributed by atoms with van der Waals surface area (Å²) in [6.45, 7) is 7.47. The Hall–Kier alpha value is -2.85. The van der Waals surface area contributed by atoms with Gasteiger partial charge < -0.3 is 26.6 Å². The first-order valence-corrected chi connectivity index (χ1v) is 15.1. The molecular formula is C29H41Cl2N5O5. The van der Waals surface area contributed by atoms with Crippen LogP contribution in [-0.4, -0.2) is 69.5 Å². The Balaban J connectivity index is 1.90. The van der Waals surface area contributed by atoms with Gasteiger partial charge in [-0.3, -0.25) is 19.2 Å². The van der Waals surface area contributed by atoms with Gasteiger partial charge in [-0.25, -0.2) is 4.79 Å². The fraction of sp³-hybridized carbons (Fsp3) is 0.621. The number of amides is 5. The number of nitrogens with two attached hydrogens (primary N) is 1. The number of hydrogen-bond donors (Lipinski definition) is 4. The van der Waals surface area contributed by atoms with Gasteiger partial charge in [-0.05, 0) is 62.5 Å². The number of primary amides is 1. The molecule has 1 aliphatic heterocycles. The zero-order chi connectivity index (χ0) is 30.5. The Morgan fingerprint density at radius 1 is 0.976 bits per heavy atom. The standard InChI is InChI=1S/C29H41Cl2N5O5/c1-5-29(6-2,7-3)35-28(41)34-22(19-12-17-10-8-9-11-18(17)13-19)27(40)36-15-20(24(30)31)14-21(36)26(39)33-16(4)23(37)25(32)38/h8-11,16,19-22,24H,5-7,12-15H2,1-4H3,(H2,32,38)(H,33,39)(H2,34,35,41)/t16?,20-,21+,22+/m1/s1. The van der Waals surface area contributed by atoms with E-state index in [0.717, 1.165) is 30.4 Å². The van der Waals surface area contributed by atoms with Crippen LogP contribution in [-0.2, 0) is 32.0 Å². The molecule has 12 heteroatoms. The van der Waals surface area contributed by atoms with Gasteiger partial charge in [-0.2, -0.15) is 0 Å². The molecule has 5 amide bonds. The van der Waals surface area contributed by atoms with Crippen LogP contribution in [0, 0.1) is 11.8 Å². The Morgan fingerprint density at radius 3 is 2.02 bits per heavy atom. The molecule has 1 fully saturated rings. The van der Waals surface area contributed by atoms with E-state index in [1.165, 1.54) is 11.8 Å². The third-order valence-electron chi connectivity index (χ3n) is 8.79. The first-order chi connectivity index (χ1) is 19.4. The summed E-state index contributed by atoms with van der Waals surface area (Å²) >= 11 is 12.4. The maximum atomic E-state index is 14.3. The SMILES string of the molecule is CCC(CC)(CC)NC(=O)N[C@H](C(=O)N1C[C@H](C(Cl)Cl)C[C@H]1C(=O)NC(C)C(=O)C(N)=O)C1Cc2ccccc2C1. The summed E-state index contributed by atoms with van der Waals surface area (Å²) in [7, 11) is 0. The average molecular weight is 611 g/mol. The van der Waals surface area contributed by atoms with Crippen LogP contribution in [0.4, 0.5) is 4.79 Å². The summed E-state index contributed by atoms with van der Waals surface area (Å²) in [4.78, 5) is 64.9. The number of halogens is 2. The minimum absolute atomic E-state index is 0.0923. The van der Waals surface area contributed by atoms with Crippen molar-refractivity contribution in [1.82, 2.24) is 20.9 Å². The molecule has 0 saturated carbocycles. The Labute approximate surface area is 251 Å². The number of likely N-dealkylation sites (tertiary alicyclic amines) is 1. The number of carbonyl (C=O) groups excluding carboxylic acids is 5. The minimum Gasteiger partial charge on any atom is -0.363 e. The Morgan fingerprint density at radius 2 is 1.54 bits per heavy atom. The second kappa shape index (κ2) is 13.9. The second-order valence-corrected chi connectivity index (χ2v) is 12.3. The predicted molar refractivity (Wildman–Crippen MR) is 157 cm³/mol. The van der Waals surface area contributed by atoms with Crippen molar-refractivity contribution >= 4 is 52.7 Å². The van der Waals surface area contributed by atoms with E-state index in [1.54, 1.807) is 0 Å². The number of benzene rings is 1. The van der Waals surface area contributed by atoms with E-state index in [9.17, 15) is 24.0 Å². The first-order valence-electron chi connectivity index (χ1n) is 14.2. The van der Waals surface area contributed by atoms with Gasteiger partial charge in [-0.15, -0.1) is 23.2 Å². The maximum absolute atomic E-state index is 14.3. The van der Waals surface area contributed by atoms with Crippen molar-refractivity contribution in [3.8, 4) is 0 Å². The molecule has 1 aliphatic carbocycles. The molecular weight excluding hydrogens is 569 g/mol. The van der Waals surface area contributed by atoms with Gasteiger partial charge >= 0.3 is 6.03 Å². The number of carbonyl (C=O) groups is 5. The van der Waals surface area contributed by atoms with E-state index < -0.39 is 64.0 Å². The molecule has 1 unspecified atom stereocenters. The molecule has 2 aliphatic rings. The monoisotopic (exact) mass is 609 g/mol. The van der Waals surface area contributed by atoms with Crippen LogP contribution in [0.2, 0.25) is 0 Å². The van der Waals surface area contributed by atoms with Crippen LogP contribution >= 0.6 is 23.2 Å². The van der Waals surface area contributed by atoms with Gasteiger partial charge in [0.15, 0.2) is 0 Å². The highest BCUT2D eigenvalue weighted by Gasteiger charge is 2.46.